The van der Waals surface area contributed by atoms with Crippen molar-refractivity contribution < 1.29 is 30.8 Å². The quantitative estimate of drug-likeness (QED) is 0.246. The number of benzene rings is 4. The molecule has 0 aromatic heterocycles. The first-order valence-corrected chi connectivity index (χ1v) is 14.6. The number of hydrogen-bond acceptors (Lipinski definition) is 5. The van der Waals surface area contributed by atoms with E-state index < -0.39 is 20.1 Å². The normalized spacial score (nSPS) is 13.0. The van der Waals surface area contributed by atoms with E-state index in [1.165, 1.54) is 38.4 Å². The van der Waals surface area contributed by atoms with Crippen molar-refractivity contribution in [1.29, 1.82) is 0 Å². The highest BCUT2D eigenvalue weighted by molar-refractivity contribution is 7.89. The molecule has 0 bridgehead atoms. The van der Waals surface area contributed by atoms with Crippen molar-refractivity contribution in [3.05, 3.63) is 95.3 Å². The van der Waals surface area contributed by atoms with Crippen LogP contribution >= 0.6 is 11.6 Å². The molecule has 38 heavy (non-hydrogen) atoms. The Hall–Kier alpha value is -3.54. The first kappa shape index (κ1) is 26.1. The van der Waals surface area contributed by atoms with Gasteiger partial charge in [0, 0.05) is 65.5 Å². The molecule has 8 nitrogen and oxygen atoms in total. The van der Waals surface area contributed by atoms with Crippen LogP contribution in [0.1, 0.15) is 0 Å². The third-order valence-electron chi connectivity index (χ3n) is 6.04. The molecule has 5 rings (SSSR count). The first-order valence-electron chi connectivity index (χ1n) is 11.3. The van der Waals surface area contributed by atoms with Gasteiger partial charge in [0.15, 0.2) is 0 Å². The minimum Gasteiger partial charge on any atom is -0.456 e. The zero-order valence-corrected chi connectivity index (χ0v) is 22.6. The van der Waals surface area contributed by atoms with Gasteiger partial charge in [0.2, 0.25) is 21.1 Å². The third kappa shape index (κ3) is 4.84. The lowest BCUT2D eigenvalue weighted by Crippen LogP contribution is -2.70. The van der Waals surface area contributed by atoms with E-state index in [9.17, 15) is 21.4 Å². The van der Waals surface area contributed by atoms with Gasteiger partial charge >= 0.3 is 0 Å². The van der Waals surface area contributed by atoms with Crippen LogP contribution in [0.15, 0.2) is 99.1 Å². The van der Waals surface area contributed by atoms with Crippen molar-refractivity contribution in [2.24, 2.45) is 0 Å². The third-order valence-corrected chi connectivity index (χ3v) is 9.02. The molecule has 0 fully saturated rings. The number of nitrogens with one attached hydrogen (secondary N) is 1. The van der Waals surface area contributed by atoms with Gasteiger partial charge in [-0.3, -0.25) is 4.55 Å². The summed E-state index contributed by atoms with van der Waals surface area (Å²) in [5, 5.41) is 1.72. The summed E-state index contributed by atoms with van der Waals surface area (Å²) in [6.45, 7) is 0. The fraction of sp³-hybridized carbons (Fsp3) is 0.0741. The topological polar surface area (TPSA) is 119 Å². The van der Waals surface area contributed by atoms with E-state index in [1.807, 2.05) is 0 Å². The summed E-state index contributed by atoms with van der Waals surface area (Å²) in [5.74, 6) is 0.441. The van der Waals surface area contributed by atoms with E-state index >= 15 is 0 Å². The second-order valence-electron chi connectivity index (χ2n) is 8.74. The minimum atomic E-state index is -4.51. The summed E-state index contributed by atoms with van der Waals surface area (Å²) < 4.78 is 66.3. The zero-order chi connectivity index (χ0) is 27.2. The molecule has 194 valence electrons. The van der Waals surface area contributed by atoms with Gasteiger partial charge in [-0.15, -0.1) is 0 Å². The van der Waals surface area contributed by atoms with Gasteiger partial charge < -0.3 is 4.42 Å². The summed E-state index contributed by atoms with van der Waals surface area (Å²) >= 11 is 6.22. The molecule has 0 saturated carbocycles. The maximum Gasteiger partial charge on any atom is 0.295 e. The van der Waals surface area contributed by atoms with E-state index in [1.54, 1.807) is 60.7 Å². The first-order chi connectivity index (χ1) is 17.9. The molecule has 3 aromatic rings. The smallest absolute Gasteiger partial charge is 0.295 e. The Morgan fingerprint density at radius 1 is 0.842 bits per heavy atom. The van der Waals surface area contributed by atoms with E-state index in [-0.39, 0.29) is 9.79 Å². The lowest BCUT2D eigenvalue weighted by Gasteiger charge is -2.16. The molecule has 1 heterocycles. The highest BCUT2D eigenvalue weighted by Gasteiger charge is 2.24. The molecular formula is C27H22ClN2O6S2+. The van der Waals surface area contributed by atoms with Crippen LogP contribution in [0.5, 0.6) is 0 Å². The van der Waals surface area contributed by atoms with Crippen molar-refractivity contribution in [3.8, 4) is 22.5 Å². The molecule has 0 atom stereocenters. The van der Waals surface area contributed by atoms with Crippen LogP contribution in [-0.4, -0.2) is 39.8 Å². The molecule has 0 spiro atoms. The largest absolute Gasteiger partial charge is 0.456 e. The zero-order valence-electron chi connectivity index (χ0n) is 20.2. The Morgan fingerprint density at radius 3 is 2.24 bits per heavy atom. The van der Waals surface area contributed by atoms with Gasteiger partial charge in [0.25, 0.3) is 10.1 Å². The predicted octanol–water partition coefficient (Wildman–Crippen LogP) is 3.67. The van der Waals surface area contributed by atoms with Gasteiger partial charge in [0.1, 0.15) is 16.2 Å². The van der Waals surface area contributed by atoms with Gasteiger partial charge in [-0.1, -0.05) is 29.8 Å². The highest BCUT2D eigenvalue weighted by Crippen LogP contribution is 2.42. The molecule has 0 unspecified atom stereocenters. The number of rotatable bonds is 5. The lowest BCUT2D eigenvalue weighted by atomic mass is 9.93. The van der Waals surface area contributed by atoms with Crippen LogP contribution < -0.4 is 10.3 Å². The summed E-state index contributed by atoms with van der Waals surface area (Å²) in [6, 6.07) is 23.0. The standard InChI is InChI=1S/C27H21ClN2O6S2/c1-30(2)37(31,32)20-11-8-18(9-12-20)29-19-10-14-22-25(16-19)36-24-15-17(28)7-13-21(24)27(22)23-5-3-4-6-26(23)38(33,34)35/h3-16H,1-2H3,(H,33,34,35)/p+1. The van der Waals surface area contributed by atoms with Crippen molar-refractivity contribution in [3.63, 3.8) is 0 Å². The summed E-state index contributed by atoms with van der Waals surface area (Å²) in [5.41, 5.74) is 2.59. The van der Waals surface area contributed by atoms with Gasteiger partial charge in [-0.25, -0.2) is 17.7 Å². The lowest BCUT2D eigenvalue weighted by molar-refractivity contribution is -0.402. The SMILES string of the molecule is CN(C)S(=O)(=O)c1ccc([NH+]=c2ccc3c(-c4ccccc4S(=O)(=O)O)c4ccc(Cl)cc4oc-3c2)cc1. The minimum absolute atomic E-state index is 0.173. The van der Waals surface area contributed by atoms with E-state index in [0.717, 1.165) is 4.31 Å². The fourth-order valence-electron chi connectivity index (χ4n) is 4.22. The summed E-state index contributed by atoms with van der Waals surface area (Å²) in [4.78, 5) is 3.18. The number of halogens is 1. The summed E-state index contributed by atoms with van der Waals surface area (Å²) in [7, 11) is -5.11. The Kier molecular flexibility index (Phi) is 6.62. The number of hydrogen-bond donors (Lipinski definition) is 2. The Labute approximate surface area is 224 Å². The second kappa shape index (κ2) is 9.64. The second-order valence-corrected chi connectivity index (χ2v) is 12.7. The molecule has 3 aromatic carbocycles. The molecule has 0 radical (unpaired) electrons. The molecular weight excluding hydrogens is 548 g/mol. The van der Waals surface area contributed by atoms with Crippen molar-refractivity contribution in [1.82, 2.24) is 4.31 Å². The van der Waals surface area contributed by atoms with Crippen molar-refractivity contribution in [2.45, 2.75) is 9.79 Å². The summed E-state index contributed by atoms with van der Waals surface area (Å²) in [6.07, 6.45) is 0. The van der Waals surface area contributed by atoms with Crippen LogP contribution in [-0.2, 0) is 20.1 Å². The van der Waals surface area contributed by atoms with Gasteiger partial charge in [-0.05, 0) is 36.4 Å². The molecule has 2 N–H and O–H groups in total. The van der Waals surface area contributed by atoms with Gasteiger partial charge in [0.05, 0.1) is 11.0 Å². The molecule has 2 aliphatic rings. The van der Waals surface area contributed by atoms with Crippen LogP contribution in [0.4, 0.5) is 5.69 Å². The Bertz CT molecular complexity index is 1950. The number of sulfonamides is 1. The number of fused-ring (bicyclic) bond motifs is 2. The number of nitrogens with zero attached hydrogens (tertiary/aromatic N) is 1. The van der Waals surface area contributed by atoms with Crippen molar-refractivity contribution >= 4 is 48.4 Å². The Morgan fingerprint density at radius 2 is 1.55 bits per heavy atom. The Balaban J connectivity index is 1.73. The molecule has 0 saturated heterocycles. The maximum absolute atomic E-state index is 12.3. The fourth-order valence-corrected chi connectivity index (χ4v) is 5.98. The van der Waals surface area contributed by atoms with Gasteiger partial charge in [-0.2, -0.15) is 8.42 Å². The predicted molar refractivity (Wildman–Crippen MR) is 144 cm³/mol. The van der Waals surface area contributed by atoms with E-state index in [0.29, 0.717) is 49.5 Å². The maximum atomic E-state index is 12.3. The van der Waals surface area contributed by atoms with E-state index in [2.05, 4.69) is 4.99 Å². The molecule has 1 aliphatic heterocycles. The van der Waals surface area contributed by atoms with Crippen LogP contribution in [0.25, 0.3) is 33.4 Å². The average Bonchev–Trinajstić information content (AvgIpc) is 2.87. The molecule has 0 amide bonds. The van der Waals surface area contributed by atoms with Crippen LogP contribution in [0.3, 0.4) is 0 Å². The highest BCUT2D eigenvalue weighted by atomic mass is 35.5. The van der Waals surface area contributed by atoms with E-state index in [4.69, 9.17) is 16.0 Å². The van der Waals surface area contributed by atoms with Crippen LogP contribution in [0.2, 0.25) is 5.02 Å². The molecule has 11 heteroatoms. The monoisotopic (exact) mass is 569 g/mol. The average molecular weight is 570 g/mol. The molecule has 1 aliphatic carbocycles. The van der Waals surface area contributed by atoms with Crippen LogP contribution in [0, 0.1) is 0 Å². The van der Waals surface area contributed by atoms with Crippen molar-refractivity contribution in [2.75, 3.05) is 14.1 Å².